The quantitative estimate of drug-likeness (QED) is 0.156. The van der Waals surface area contributed by atoms with Crippen molar-refractivity contribution >= 4 is 17.8 Å². The normalized spacial score (nSPS) is 14.6. The molecular formula is C36H40N4O5. The molecule has 1 fully saturated rings. The molecule has 0 radical (unpaired) electrons. The zero-order chi connectivity index (χ0) is 31.8. The van der Waals surface area contributed by atoms with Crippen molar-refractivity contribution in [3.8, 4) is 11.1 Å². The first-order chi connectivity index (χ1) is 21.8. The van der Waals surface area contributed by atoms with Crippen LogP contribution in [0, 0.1) is 11.3 Å². The summed E-state index contributed by atoms with van der Waals surface area (Å²) in [4.78, 5) is 42.3. The summed E-state index contributed by atoms with van der Waals surface area (Å²) in [6.07, 6.45) is 5.47. The molecule has 5 rings (SSSR count). The van der Waals surface area contributed by atoms with Gasteiger partial charge in [0.05, 0.1) is 30.0 Å². The Kier molecular flexibility index (Phi) is 10.1. The maximum atomic E-state index is 13.7. The van der Waals surface area contributed by atoms with Gasteiger partial charge in [0.1, 0.15) is 5.82 Å². The molecule has 1 unspecified atom stereocenters. The summed E-state index contributed by atoms with van der Waals surface area (Å²) in [5.74, 6) is -1.26. The van der Waals surface area contributed by atoms with Gasteiger partial charge in [0.15, 0.2) is 5.82 Å². The van der Waals surface area contributed by atoms with Gasteiger partial charge in [-0.05, 0) is 60.4 Å². The number of rotatable bonds is 14. The summed E-state index contributed by atoms with van der Waals surface area (Å²) >= 11 is 0. The van der Waals surface area contributed by atoms with Crippen LogP contribution in [-0.4, -0.2) is 42.8 Å². The number of benzene rings is 3. The van der Waals surface area contributed by atoms with Crippen molar-refractivity contribution in [3.63, 3.8) is 0 Å². The molecule has 234 valence electrons. The molecular weight excluding hydrogens is 568 g/mol. The van der Waals surface area contributed by atoms with E-state index >= 15 is 0 Å². The van der Waals surface area contributed by atoms with E-state index in [1.54, 1.807) is 18.2 Å². The summed E-state index contributed by atoms with van der Waals surface area (Å²) < 4.78 is 1.86. The second kappa shape index (κ2) is 14.3. The number of carbonyl (C=O) groups excluding carboxylic acids is 1. The van der Waals surface area contributed by atoms with Crippen LogP contribution in [0.5, 0.6) is 0 Å². The van der Waals surface area contributed by atoms with Crippen molar-refractivity contribution in [2.24, 2.45) is 11.3 Å². The lowest BCUT2D eigenvalue weighted by Gasteiger charge is -2.30. The number of nitrogens with one attached hydrogen (secondary N) is 1. The number of aromatic carboxylic acids is 1. The van der Waals surface area contributed by atoms with Crippen LogP contribution in [0.2, 0.25) is 0 Å². The third-order valence-electron chi connectivity index (χ3n) is 8.78. The Morgan fingerprint density at radius 2 is 1.60 bits per heavy atom. The molecule has 9 nitrogen and oxygen atoms in total. The number of aliphatic carboxylic acids is 1. The van der Waals surface area contributed by atoms with Crippen molar-refractivity contribution in [1.82, 2.24) is 20.1 Å². The number of hydrogen-bond acceptors (Lipinski definition) is 5. The highest BCUT2D eigenvalue weighted by molar-refractivity contribution is 5.96. The lowest BCUT2D eigenvalue weighted by atomic mass is 9.75. The van der Waals surface area contributed by atoms with Crippen molar-refractivity contribution in [1.29, 1.82) is 0 Å². The van der Waals surface area contributed by atoms with Gasteiger partial charge < -0.3 is 15.5 Å². The van der Waals surface area contributed by atoms with E-state index in [1.165, 1.54) is 0 Å². The highest BCUT2D eigenvalue weighted by Gasteiger charge is 2.44. The largest absolute Gasteiger partial charge is 0.481 e. The molecule has 9 heteroatoms. The Morgan fingerprint density at radius 3 is 2.27 bits per heavy atom. The number of amides is 1. The van der Waals surface area contributed by atoms with Crippen LogP contribution in [0.15, 0.2) is 78.9 Å². The van der Waals surface area contributed by atoms with Crippen molar-refractivity contribution in [2.75, 3.05) is 0 Å². The standard InChI is InChI=1S/C36H40N4O5/c1-2-10-32-38-31(39-40(32)24-26-15-17-27(18-16-26)29-13-6-7-14-30(29)34(43)44)23-37-35(45)36(19-8-9-20-36)22-28(33(41)42)21-25-11-4-3-5-12-25/h3-7,11-18,28H,2,8-10,19-24H2,1H3,(H,37,45)(H,41,42)(H,43,44). The molecule has 0 spiro atoms. The Morgan fingerprint density at radius 1 is 0.911 bits per heavy atom. The molecule has 1 amide bonds. The SMILES string of the molecule is CCCc1nc(CNC(=O)C2(CC(Cc3ccccc3)C(=O)O)CCCC2)nn1Cc1ccc(-c2ccccc2C(=O)O)cc1. The molecule has 1 atom stereocenters. The molecule has 3 aromatic carbocycles. The van der Waals surface area contributed by atoms with Gasteiger partial charge in [-0.15, -0.1) is 0 Å². The van der Waals surface area contributed by atoms with Crippen LogP contribution in [0.25, 0.3) is 11.1 Å². The molecule has 1 aliphatic carbocycles. The van der Waals surface area contributed by atoms with Crippen LogP contribution >= 0.6 is 0 Å². The number of carbonyl (C=O) groups is 3. The van der Waals surface area contributed by atoms with E-state index in [9.17, 15) is 24.6 Å². The first-order valence-corrected chi connectivity index (χ1v) is 15.7. The summed E-state index contributed by atoms with van der Waals surface area (Å²) in [5.41, 5.74) is 2.98. The minimum atomic E-state index is -0.964. The summed E-state index contributed by atoms with van der Waals surface area (Å²) in [6.45, 7) is 2.74. The fourth-order valence-electron chi connectivity index (χ4n) is 6.46. The second-order valence-electron chi connectivity index (χ2n) is 12.0. The van der Waals surface area contributed by atoms with Crippen molar-refractivity contribution in [2.45, 2.75) is 71.4 Å². The monoisotopic (exact) mass is 608 g/mol. The van der Waals surface area contributed by atoms with Gasteiger partial charge >= 0.3 is 11.9 Å². The Labute approximate surface area is 263 Å². The minimum Gasteiger partial charge on any atom is -0.481 e. The molecule has 45 heavy (non-hydrogen) atoms. The first kappa shape index (κ1) is 31.6. The highest BCUT2D eigenvalue weighted by Crippen LogP contribution is 2.44. The van der Waals surface area contributed by atoms with E-state index in [4.69, 9.17) is 10.1 Å². The van der Waals surface area contributed by atoms with E-state index in [-0.39, 0.29) is 18.0 Å². The zero-order valence-electron chi connectivity index (χ0n) is 25.6. The smallest absolute Gasteiger partial charge is 0.336 e. The second-order valence-corrected chi connectivity index (χ2v) is 12.0. The Balaban J connectivity index is 1.27. The zero-order valence-corrected chi connectivity index (χ0v) is 25.6. The van der Waals surface area contributed by atoms with Crippen LogP contribution in [0.1, 0.15) is 78.6 Å². The first-order valence-electron chi connectivity index (χ1n) is 15.7. The number of aromatic nitrogens is 3. The lowest BCUT2D eigenvalue weighted by Crippen LogP contribution is -2.41. The van der Waals surface area contributed by atoms with E-state index in [1.807, 2.05) is 65.3 Å². The van der Waals surface area contributed by atoms with Gasteiger partial charge in [-0.25, -0.2) is 14.5 Å². The number of carboxylic acid groups (broad SMARTS) is 2. The van der Waals surface area contributed by atoms with Crippen LogP contribution in [-0.2, 0) is 35.5 Å². The Bertz CT molecular complexity index is 1620. The predicted molar refractivity (Wildman–Crippen MR) is 171 cm³/mol. The predicted octanol–water partition coefficient (Wildman–Crippen LogP) is 6.15. The van der Waals surface area contributed by atoms with Crippen LogP contribution < -0.4 is 5.32 Å². The maximum absolute atomic E-state index is 13.7. The lowest BCUT2D eigenvalue weighted by molar-refractivity contribution is -0.144. The minimum absolute atomic E-state index is 0.120. The Hall–Kier alpha value is -4.79. The van der Waals surface area contributed by atoms with Gasteiger partial charge in [0.25, 0.3) is 0 Å². The van der Waals surface area contributed by atoms with Gasteiger partial charge in [0.2, 0.25) is 5.91 Å². The van der Waals surface area contributed by atoms with Gasteiger partial charge in [0, 0.05) is 6.42 Å². The maximum Gasteiger partial charge on any atom is 0.336 e. The van der Waals surface area contributed by atoms with Gasteiger partial charge in [-0.1, -0.05) is 92.6 Å². The topological polar surface area (TPSA) is 134 Å². The molecule has 1 heterocycles. The summed E-state index contributed by atoms with van der Waals surface area (Å²) in [5, 5.41) is 27.4. The van der Waals surface area contributed by atoms with Crippen LogP contribution in [0.3, 0.4) is 0 Å². The summed E-state index contributed by atoms with van der Waals surface area (Å²) in [7, 11) is 0. The molecule has 0 aliphatic heterocycles. The number of carboxylic acids is 2. The van der Waals surface area contributed by atoms with Crippen molar-refractivity contribution < 1.29 is 24.6 Å². The summed E-state index contributed by atoms with van der Waals surface area (Å²) in [6, 6.07) is 24.3. The average Bonchev–Trinajstić information content (AvgIpc) is 3.68. The van der Waals surface area contributed by atoms with E-state index < -0.39 is 23.3 Å². The third-order valence-corrected chi connectivity index (χ3v) is 8.78. The fourth-order valence-corrected chi connectivity index (χ4v) is 6.46. The highest BCUT2D eigenvalue weighted by atomic mass is 16.4. The average molecular weight is 609 g/mol. The van der Waals surface area contributed by atoms with Crippen LogP contribution in [0.4, 0.5) is 0 Å². The number of nitrogens with zero attached hydrogens (tertiary/aromatic N) is 3. The third kappa shape index (κ3) is 7.66. The molecule has 1 aromatic heterocycles. The van der Waals surface area contributed by atoms with Gasteiger partial charge in [-0.2, -0.15) is 5.10 Å². The number of aryl methyl sites for hydroxylation is 1. The fraction of sp³-hybridized carbons (Fsp3) is 0.361. The molecule has 0 saturated heterocycles. The molecule has 1 saturated carbocycles. The van der Waals surface area contributed by atoms with Crippen molar-refractivity contribution in [3.05, 3.63) is 107 Å². The number of hydrogen-bond donors (Lipinski definition) is 3. The van der Waals surface area contributed by atoms with E-state index in [0.717, 1.165) is 48.2 Å². The molecule has 4 aromatic rings. The molecule has 0 bridgehead atoms. The molecule has 1 aliphatic rings. The molecule has 3 N–H and O–H groups in total. The van der Waals surface area contributed by atoms with Gasteiger partial charge in [-0.3, -0.25) is 9.59 Å². The van der Waals surface area contributed by atoms with E-state index in [0.29, 0.717) is 43.6 Å². The van der Waals surface area contributed by atoms with E-state index in [2.05, 4.69) is 12.2 Å².